The number of halogens is 2. The van der Waals surface area contributed by atoms with Crippen molar-refractivity contribution < 1.29 is 23.2 Å². The van der Waals surface area contributed by atoms with E-state index in [0.29, 0.717) is 44.8 Å². The van der Waals surface area contributed by atoms with Gasteiger partial charge in [0.1, 0.15) is 11.6 Å². The third-order valence-corrected chi connectivity index (χ3v) is 6.15. The van der Waals surface area contributed by atoms with Crippen LogP contribution in [0.3, 0.4) is 0 Å². The van der Waals surface area contributed by atoms with Crippen LogP contribution in [-0.2, 0) is 9.53 Å². The maximum absolute atomic E-state index is 12.8. The van der Waals surface area contributed by atoms with Crippen LogP contribution in [0.5, 0.6) is 0 Å². The number of nitro benzene ring substituents is 1. The predicted molar refractivity (Wildman–Crippen MR) is 133 cm³/mol. The molecular formula is C27H24F2N4O4. The first-order chi connectivity index (χ1) is 17.9. The van der Waals surface area contributed by atoms with Crippen LogP contribution in [0.25, 0.3) is 6.08 Å². The number of alkyl halides is 2. The van der Waals surface area contributed by atoms with Crippen molar-refractivity contribution in [1.82, 2.24) is 4.90 Å². The number of nitriles is 1. The topological polar surface area (TPSA) is 108 Å². The number of non-ortho nitro benzene ring substituents is 1. The molecule has 8 nitrogen and oxygen atoms in total. The summed E-state index contributed by atoms with van der Waals surface area (Å²) in [6, 6.07) is 13.4. The summed E-state index contributed by atoms with van der Waals surface area (Å²) < 4.78 is 31.1. The highest BCUT2D eigenvalue weighted by Crippen LogP contribution is 2.37. The first-order valence-electron chi connectivity index (χ1n) is 11.7. The lowest BCUT2D eigenvalue weighted by atomic mass is 10.1. The molecule has 1 fully saturated rings. The second-order valence-corrected chi connectivity index (χ2v) is 8.54. The summed E-state index contributed by atoms with van der Waals surface area (Å²) in [7, 11) is 0. The number of carbonyl (C=O) groups is 1. The summed E-state index contributed by atoms with van der Waals surface area (Å²) in [6.07, 6.45) is 2.20. The standard InChI is InChI=1S/C27H24F2N4O4/c28-26(29)19-5-7-23(8-6-19)31-27(34)22(17-30)16-21-4-3-20(25(21)32-11-13-37-14-12-32)15-18-1-9-24(10-2-18)33(35)36/h1-2,5-10,15-16,26H,3-4,11-14H2,(H,31,34). The maximum atomic E-state index is 12.8. The zero-order valence-corrected chi connectivity index (χ0v) is 19.8. The first kappa shape index (κ1) is 25.7. The molecular weight excluding hydrogens is 482 g/mol. The van der Waals surface area contributed by atoms with Crippen LogP contribution in [0.2, 0.25) is 0 Å². The molecule has 4 rings (SSSR count). The van der Waals surface area contributed by atoms with Crippen LogP contribution in [0.15, 0.2) is 77.0 Å². The van der Waals surface area contributed by atoms with Crippen molar-refractivity contribution in [3.8, 4) is 6.07 Å². The molecule has 1 aliphatic carbocycles. The molecule has 1 saturated heterocycles. The van der Waals surface area contributed by atoms with Gasteiger partial charge >= 0.3 is 0 Å². The molecule has 2 aromatic carbocycles. The van der Waals surface area contributed by atoms with E-state index < -0.39 is 17.3 Å². The fourth-order valence-electron chi connectivity index (χ4n) is 4.31. The van der Waals surface area contributed by atoms with Gasteiger partial charge in [0, 0.05) is 42.2 Å². The lowest BCUT2D eigenvalue weighted by Crippen LogP contribution is -2.36. The van der Waals surface area contributed by atoms with Crippen LogP contribution in [0, 0.1) is 21.4 Å². The predicted octanol–water partition coefficient (Wildman–Crippen LogP) is 5.38. The van der Waals surface area contributed by atoms with Crippen molar-refractivity contribution in [3.05, 3.63) is 98.3 Å². The molecule has 1 aliphatic heterocycles. The molecule has 0 bridgehead atoms. The first-order valence-corrected chi connectivity index (χ1v) is 11.7. The van der Waals surface area contributed by atoms with E-state index in [9.17, 15) is 29.0 Å². The van der Waals surface area contributed by atoms with Gasteiger partial charge in [-0.3, -0.25) is 14.9 Å². The number of benzene rings is 2. The number of carbonyl (C=O) groups excluding carboxylic acids is 1. The van der Waals surface area contributed by atoms with Gasteiger partial charge in [0.05, 0.1) is 18.1 Å². The third kappa shape index (κ3) is 6.26. The zero-order valence-electron chi connectivity index (χ0n) is 19.8. The molecule has 0 saturated carbocycles. The van der Waals surface area contributed by atoms with E-state index >= 15 is 0 Å². The zero-order chi connectivity index (χ0) is 26.4. The van der Waals surface area contributed by atoms with Crippen LogP contribution >= 0.6 is 0 Å². The Morgan fingerprint density at radius 2 is 1.78 bits per heavy atom. The van der Waals surface area contributed by atoms with E-state index in [2.05, 4.69) is 10.2 Å². The van der Waals surface area contributed by atoms with Crippen molar-refractivity contribution >= 4 is 23.4 Å². The van der Waals surface area contributed by atoms with Crippen LogP contribution in [-0.4, -0.2) is 42.0 Å². The number of allylic oxidation sites excluding steroid dienone is 3. The molecule has 1 heterocycles. The molecule has 0 radical (unpaired) electrons. The molecule has 37 heavy (non-hydrogen) atoms. The Morgan fingerprint density at radius 1 is 1.11 bits per heavy atom. The molecule has 0 atom stereocenters. The Balaban J connectivity index is 1.63. The lowest BCUT2D eigenvalue weighted by Gasteiger charge is -2.31. The third-order valence-electron chi connectivity index (χ3n) is 6.15. The number of hydrogen-bond acceptors (Lipinski definition) is 6. The SMILES string of the molecule is N#CC(=CC1=C(N2CCOCC2)C(=Cc2ccc([N+](=O)[O-])cc2)CC1)C(=O)Nc1ccc(C(F)F)cc1. The van der Waals surface area contributed by atoms with Gasteiger partial charge in [0.15, 0.2) is 0 Å². The fourth-order valence-corrected chi connectivity index (χ4v) is 4.31. The van der Waals surface area contributed by atoms with Crippen molar-refractivity contribution in [1.29, 1.82) is 5.26 Å². The Morgan fingerprint density at radius 3 is 2.38 bits per heavy atom. The summed E-state index contributed by atoms with van der Waals surface area (Å²) in [4.78, 5) is 25.5. The number of nitrogens with one attached hydrogen (secondary N) is 1. The van der Waals surface area contributed by atoms with E-state index in [4.69, 9.17) is 4.74 Å². The molecule has 10 heteroatoms. The Labute approximate surface area is 212 Å². The summed E-state index contributed by atoms with van der Waals surface area (Å²) in [5.41, 5.74) is 3.61. The van der Waals surface area contributed by atoms with Gasteiger partial charge in [0.25, 0.3) is 18.0 Å². The second kappa shape index (κ2) is 11.6. The number of hydrogen-bond donors (Lipinski definition) is 1. The van der Waals surface area contributed by atoms with Crippen molar-refractivity contribution in [2.24, 2.45) is 0 Å². The summed E-state index contributed by atoms with van der Waals surface area (Å²) in [5, 5.41) is 23.3. The van der Waals surface area contributed by atoms with E-state index in [1.165, 1.54) is 36.4 Å². The van der Waals surface area contributed by atoms with Gasteiger partial charge in [0.2, 0.25) is 0 Å². The number of morpholine rings is 1. The average molecular weight is 507 g/mol. The normalized spacial score (nSPS) is 17.3. The van der Waals surface area contributed by atoms with Crippen LogP contribution in [0.1, 0.15) is 30.4 Å². The largest absolute Gasteiger partial charge is 0.378 e. The van der Waals surface area contributed by atoms with Gasteiger partial charge < -0.3 is 15.0 Å². The smallest absolute Gasteiger partial charge is 0.269 e. The van der Waals surface area contributed by atoms with Gasteiger partial charge in [-0.25, -0.2) is 8.78 Å². The summed E-state index contributed by atoms with van der Waals surface area (Å²) >= 11 is 0. The van der Waals surface area contributed by atoms with Gasteiger partial charge in [-0.15, -0.1) is 0 Å². The minimum atomic E-state index is -2.61. The summed E-state index contributed by atoms with van der Waals surface area (Å²) in [6.45, 7) is 2.39. The number of nitro groups is 1. The molecule has 1 amide bonds. The molecule has 190 valence electrons. The molecule has 1 N–H and O–H groups in total. The van der Waals surface area contributed by atoms with Crippen molar-refractivity contribution in [2.75, 3.05) is 31.6 Å². The van der Waals surface area contributed by atoms with Gasteiger partial charge in [-0.2, -0.15) is 5.26 Å². The second-order valence-electron chi connectivity index (χ2n) is 8.54. The van der Waals surface area contributed by atoms with E-state index in [0.717, 1.165) is 22.4 Å². The number of nitrogens with zero attached hydrogens (tertiary/aromatic N) is 3. The molecule has 2 aliphatic rings. The van der Waals surface area contributed by atoms with Gasteiger partial charge in [-0.05, 0) is 66.0 Å². The van der Waals surface area contributed by atoms with E-state index in [1.807, 2.05) is 12.1 Å². The van der Waals surface area contributed by atoms with Crippen LogP contribution in [0.4, 0.5) is 20.2 Å². The molecule has 0 spiro atoms. The Kier molecular flexibility index (Phi) is 8.05. The number of anilines is 1. The number of ether oxygens (including phenoxy) is 1. The van der Waals surface area contributed by atoms with Crippen LogP contribution < -0.4 is 5.32 Å². The molecule has 0 aromatic heterocycles. The summed E-state index contributed by atoms with van der Waals surface area (Å²) in [5.74, 6) is -0.631. The highest BCUT2D eigenvalue weighted by molar-refractivity contribution is 6.07. The minimum absolute atomic E-state index is 0.00894. The maximum Gasteiger partial charge on any atom is 0.269 e. The highest BCUT2D eigenvalue weighted by atomic mass is 19.3. The monoisotopic (exact) mass is 506 g/mol. The lowest BCUT2D eigenvalue weighted by molar-refractivity contribution is -0.384. The minimum Gasteiger partial charge on any atom is -0.378 e. The Hall–Kier alpha value is -4.36. The van der Waals surface area contributed by atoms with E-state index in [1.54, 1.807) is 18.2 Å². The Bertz CT molecular complexity index is 1300. The molecule has 2 aromatic rings. The quantitative estimate of drug-likeness (QED) is 0.234. The molecule has 0 unspecified atom stereocenters. The average Bonchev–Trinajstić information content (AvgIpc) is 3.30. The highest BCUT2D eigenvalue weighted by Gasteiger charge is 2.26. The van der Waals surface area contributed by atoms with Crippen molar-refractivity contribution in [3.63, 3.8) is 0 Å². The van der Waals surface area contributed by atoms with Gasteiger partial charge in [-0.1, -0.05) is 12.1 Å². The fraction of sp³-hybridized carbons (Fsp3) is 0.259. The van der Waals surface area contributed by atoms with Crippen molar-refractivity contribution in [2.45, 2.75) is 19.3 Å². The van der Waals surface area contributed by atoms with E-state index in [-0.39, 0.29) is 16.8 Å². The number of amides is 1. The number of rotatable bonds is 7.